The van der Waals surface area contributed by atoms with Gasteiger partial charge in [-0.05, 0) is 49.1 Å². The molecule has 2 aromatic carbocycles. The van der Waals surface area contributed by atoms with E-state index in [0.717, 1.165) is 66.6 Å². The number of benzene rings is 2. The van der Waals surface area contributed by atoms with E-state index in [9.17, 15) is 15.2 Å². The van der Waals surface area contributed by atoms with Crippen molar-refractivity contribution in [3.63, 3.8) is 0 Å². The zero-order valence-corrected chi connectivity index (χ0v) is 23.2. The number of rotatable bonds is 8. The first-order valence-corrected chi connectivity index (χ1v) is 14.2. The summed E-state index contributed by atoms with van der Waals surface area (Å²) in [6.45, 7) is 5.44. The number of hydrogen-bond donors (Lipinski definition) is 2. The Morgan fingerprint density at radius 2 is 2.05 bits per heavy atom. The maximum atomic E-state index is 12.0. The lowest BCUT2D eigenvalue weighted by molar-refractivity contribution is -0.139. The van der Waals surface area contributed by atoms with Gasteiger partial charge in [0, 0.05) is 66.2 Å². The van der Waals surface area contributed by atoms with E-state index in [1.54, 1.807) is 13.2 Å². The molecule has 212 valence electrons. The highest BCUT2D eigenvalue weighted by Gasteiger charge is 2.51. The molecule has 2 N–H and O–H groups in total. The first-order chi connectivity index (χ1) is 20.0. The van der Waals surface area contributed by atoms with Crippen molar-refractivity contribution in [1.29, 1.82) is 5.26 Å². The number of morpholine rings is 1. The molecule has 2 aromatic heterocycles. The van der Waals surface area contributed by atoms with E-state index in [0.29, 0.717) is 35.0 Å². The zero-order chi connectivity index (χ0) is 28.2. The van der Waals surface area contributed by atoms with Crippen LogP contribution in [0.5, 0.6) is 11.5 Å². The number of nitrogens with one attached hydrogen (secondary N) is 1. The van der Waals surface area contributed by atoms with Gasteiger partial charge in [-0.15, -0.1) is 0 Å². The number of nitrogens with zero attached hydrogens (tertiary/aromatic N) is 4. The predicted molar refractivity (Wildman–Crippen MR) is 151 cm³/mol. The molecule has 0 radical (unpaired) electrons. The molecule has 0 unspecified atom stereocenters. The van der Waals surface area contributed by atoms with Gasteiger partial charge in [0.15, 0.2) is 5.75 Å². The number of carboxylic acid groups (broad SMARTS) is 1. The molecule has 1 aliphatic heterocycles. The molecule has 3 atom stereocenters. The van der Waals surface area contributed by atoms with E-state index < -0.39 is 11.9 Å². The number of aromatic nitrogens is 3. The van der Waals surface area contributed by atoms with E-state index >= 15 is 0 Å². The lowest BCUT2D eigenvalue weighted by Gasteiger charge is -2.44. The number of hydrogen-bond acceptors (Lipinski definition) is 7. The van der Waals surface area contributed by atoms with Crippen LogP contribution >= 0.6 is 0 Å². The first kappa shape index (κ1) is 25.9. The SMILES string of the molecule is COc1cc(C)c2[nH]ccc2c1[C@@H]([C@H]1C[C@@H]1C(=O)O)n1cc2ccc(C#N)c(OC3CC(N4CCOCC4)C3)c2n1. The van der Waals surface area contributed by atoms with Crippen LogP contribution in [0, 0.1) is 30.1 Å². The molecular formula is C31H33N5O5. The molecule has 3 fully saturated rings. The minimum absolute atomic E-state index is 0.0120. The Hall–Kier alpha value is -4.07. The minimum atomic E-state index is -0.802. The summed E-state index contributed by atoms with van der Waals surface area (Å²) in [4.78, 5) is 17.8. The normalized spacial score (nSPS) is 25.0. The number of methoxy groups -OCH3 is 1. The maximum Gasteiger partial charge on any atom is 0.306 e. The van der Waals surface area contributed by atoms with Crippen molar-refractivity contribution in [3.8, 4) is 17.6 Å². The second-order valence-corrected chi connectivity index (χ2v) is 11.5. The van der Waals surface area contributed by atoms with Crippen LogP contribution in [0.1, 0.15) is 42.0 Å². The Bertz CT molecular complexity index is 1670. The summed E-state index contributed by atoms with van der Waals surface area (Å²) in [6, 6.07) is 10.1. The fourth-order valence-electron chi connectivity index (χ4n) is 6.74. The summed E-state index contributed by atoms with van der Waals surface area (Å²) >= 11 is 0. The number of aryl methyl sites for hydroxylation is 1. The largest absolute Gasteiger partial charge is 0.496 e. The van der Waals surface area contributed by atoms with Crippen LogP contribution in [0.15, 0.2) is 36.7 Å². The number of H-pyrrole nitrogens is 1. The first-order valence-electron chi connectivity index (χ1n) is 14.2. The summed E-state index contributed by atoms with van der Waals surface area (Å²) in [5.41, 5.74) is 4.01. The van der Waals surface area contributed by atoms with Crippen LogP contribution < -0.4 is 9.47 Å². The summed E-state index contributed by atoms with van der Waals surface area (Å²) in [5.74, 6) is -0.222. The van der Waals surface area contributed by atoms with Crippen LogP contribution in [0.2, 0.25) is 0 Å². The van der Waals surface area contributed by atoms with Crippen molar-refractivity contribution in [3.05, 3.63) is 53.3 Å². The molecular weight excluding hydrogens is 522 g/mol. The van der Waals surface area contributed by atoms with Crippen molar-refractivity contribution < 1.29 is 24.1 Å². The minimum Gasteiger partial charge on any atom is -0.496 e. The summed E-state index contributed by atoms with van der Waals surface area (Å²) in [6.07, 6.45) is 6.21. The lowest BCUT2D eigenvalue weighted by Crippen LogP contribution is -2.52. The Morgan fingerprint density at radius 1 is 1.24 bits per heavy atom. The highest BCUT2D eigenvalue weighted by molar-refractivity contribution is 5.90. The number of nitriles is 1. The monoisotopic (exact) mass is 555 g/mol. The van der Waals surface area contributed by atoms with Crippen LogP contribution in [-0.2, 0) is 9.53 Å². The molecule has 3 heterocycles. The van der Waals surface area contributed by atoms with Gasteiger partial charge < -0.3 is 24.3 Å². The molecule has 41 heavy (non-hydrogen) atoms. The fraction of sp³-hybridized carbons (Fsp3) is 0.452. The lowest BCUT2D eigenvalue weighted by atomic mass is 9.87. The summed E-state index contributed by atoms with van der Waals surface area (Å²) in [5, 5.41) is 26.7. The van der Waals surface area contributed by atoms with Gasteiger partial charge in [-0.3, -0.25) is 14.4 Å². The molecule has 2 aliphatic carbocycles. The number of fused-ring (bicyclic) bond motifs is 2. The predicted octanol–water partition coefficient (Wildman–Crippen LogP) is 4.26. The molecule has 0 spiro atoms. The Kier molecular flexibility index (Phi) is 6.36. The average molecular weight is 556 g/mol. The van der Waals surface area contributed by atoms with Crippen molar-refractivity contribution in [2.75, 3.05) is 33.4 Å². The van der Waals surface area contributed by atoms with Gasteiger partial charge in [-0.2, -0.15) is 10.4 Å². The molecule has 1 saturated heterocycles. The van der Waals surface area contributed by atoms with Gasteiger partial charge in [0.05, 0.1) is 37.8 Å². The number of aromatic amines is 1. The number of carbonyl (C=O) groups is 1. The maximum absolute atomic E-state index is 12.0. The third-order valence-corrected chi connectivity index (χ3v) is 9.09. The number of ether oxygens (including phenoxy) is 3. The molecule has 2 saturated carbocycles. The highest BCUT2D eigenvalue weighted by Crippen LogP contribution is 2.53. The third kappa shape index (κ3) is 4.40. The van der Waals surface area contributed by atoms with Gasteiger partial charge in [0.2, 0.25) is 0 Å². The fourth-order valence-corrected chi connectivity index (χ4v) is 6.74. The summed E-state index contributed by atoms with van der Waals surface area (Å²) in [7, 11) is 1.64. The molecule has 7 rings (SSSR count). The van der Waals surface area contributed by atoms with Crippen LogP contribution in [0.25, 0.3) is 21.8 Å². The van der Waals surface area contributed by atoms with Crippen molar-refractivity contribution >= 4 is 27.8 Å². The second kappa shape index (κ2) is 10.1. The van der Waals surface area contributed by atoms with Crippen molar-refractivity contribution in [1.82, 2.24) is 19.7 Å². The van der Waals surface area contributed by atoms with E-state index in [2.05, 4.69) is 16.0 Å². The van der Waals surface area contributed by atoms with Crippen LogP contribution in [-0.4, -0.2) is 76.3 Å². The zero-order valence-electron chi connectivity index (χ0n) is 23.2. The van der Waals surface area contributed by atoms with Gasteiger partial charge in [0.1, 0.15) is 23.4 Å². The second-order valence-electron chi connectivity index (χ2n) is 11.5. The molecule has 10 heteroatoms. The summed E-state index contributed by atoms with van der Waals surface area (Å²) < 4.78 is 19.7. The highest BCUT2D eigenvalue weighted by atomic mass is 16.5. The topological polar surface area (TPSA) is 126 Å². The average Bonchev–Trinajstić information content (AvgIpc) is 3.37. The Labute approximate surface area is 237 Å². The van der Waals surface area contributed by atoms with Gasteiger partial charge in [0.25, 0.3) is 0 Å². The van der Waals surface area contributed by atoms with E-state index in [1.165, 1.54) is 0 Å². The molecule has 10 nitrogen and oxygen atoms in total. The van der Waals surface area contributed by atoms with Crippen LogP contribution in [0.3, 0.4) is 0 Å². The third-order valence-electron chi connectivity index (χ3n) is 9.09. The number of aliphatic carboxylic acids is 1. The van der Waals surface area contributed by atoms with Crippen molar-refractivity contribution in [2.45, 2.75) is 44.4 Å². The Balaban J connectivity index is 1.28. The van der Waals surface area contributed by atoms with E-state index in [4.69, 9.17) is 19.3 Å². The van der Waals surface area contributed by atoms with Gasteiger partial charge >= 0.3 is 5.97 Å². The van der Waals surface area contributed by atoms with Crippen LogP contribution in [0.4, 0.5) is 0 Å². The van der Waals surface area contributed by atoms with Gasteiger partial charge in [-0.25, -0.2) is 0 Å². The number of carboxylic acids is 1. The van der Waals surface area contributed by atoms with E-state index in [1.807, 2.05) is 42.2 Å². The molecule has 0 amide bonds. The molecule has 0 bridgehead atoms. The van der Waals surface area contributed by atoms with Crippen molar-refractivity contribution in [2.24, 2.45) is 11.8 Å². The van der Waals surface area contributed by atoms with Gasteiger partial charge in [-0.1, -0.05) is 0 Å². The quantitative estimate of drug-likeness (QED) is 0.330. The smallest absolute Gasteiger partial charge is 0.306 e. The Morgan fingerprint density at radius 3 is 2.76 bits per heavy atom. The van der Waals surface area contributed by atoms with E-state index in [-0.39, 0.29) is 18.1 Å². The standard InChI is InChI=1S/C31H33N5O5/c1-17-11-25(39-2)26(22-5-6-33-27(17)22)29(23-14-24(23)31(37)38)36-16-19-4-3-18(15-32)30(28(19)34-36)41-21-12-20(13-21)35-7-9-40-10-8-35/h3-6,11,16,20-21,23-24,29,33H,7-10,12-14H2,1-2H3,(H,37,38)/t20?,21?,23-,24-,29+/m0/s1. The molecule has 3 aliphatic rings. The molecule has 4 aromatic rings.